The van der Waals surface area contributed by atoms with Crippen LogP contribution >= 0.6 is 11.3 Å². The van der Waals surface area contributed by atoms with Gasteiger partial charge >= 0.3 is 0 Å². The van der Waals surface area contributed by atoms with E-state index in [9.17, 15) is 14.7 Å². The number of fused-ring (bicyclic) bond motifs is 1. The predicted octanol–water partition coefficient (Wildman–Crippen LogP) is 4.54. The van der Waals surface area contributed by atoms with Gasteiger partial charge in [-0.1, -0.05) is 12.1 Å². The molecule has 3 aromatic rings. The minimum atomic E-state index is -0.768. The van der Waals surface area contributed by atoms with E-state index in [1.165, 1.54) is 16.2 Å². The second-order valence-electron chi connectivity index (χ2n) is 7.47. The van der Waals surface area contributed by atoms with Gasteiger partial charge < -0.3 is 19.3 Å². The zero-order chi connectivity index (χ0) is 22.9. The van der Waals surface area contributed by atoms with Gasteiger partial charge in [-0.3, -0.25) is 14.5 Å². The van der Waals surface area contributed by atoms with E-state index in [0.29, 0.717) is 48.3 Å². The van der Waals surface area contributed by atoms with Gasteiger partial charge in [-0.15, -0.1) is 11.3 Å². The number of aliphatic hydroxyl groups excluding tert-OH is 1. The van der Waals surface area contributed by atoms with Crippen LogP contribution in [0.15, 0.2) is 65.6 Å². The molecule has 0 spiro atoms. The predicted molar refractivity (Wildman–Crippen MR) is 124 cm³/mol. The Morgan fingerprint density at radius 2 is 1.91 bits per heavy atom. The summed E-state index contributed by atoms with van der Waals surface area (Å²) in [6, 6.07) is 14.9. The summed E-state index contributed by atoms with van der Waals surface area (Å²) < 4.78 is 16.7. The molecule has 2 aliphatic rings. The summed E-state index contributed by atoms with van der Waals surface area (Å²) in [5, 5.41) is 13.1. The van der Waals surface area contributed by atoms with Crippen molar-refractivity contribution in [1.29, 1.82) is 0 Å². The molecule has 0 radical (unpaired) electrons. The summed E-state index contributed by atoms with van der Waals surface area (Å²) in [5.41, 5.74) is 0.922. The third kappa shape index (κ3) is 3.72. The van der Waals surface area contributed by atoms with Gasteiger partial charge in [-0.25, -0.2) is 0 Å². The van der Waals surface area contributed by atoms with E-state index in [0.717, 1.165) is 4.88 Å². The van der Waals surface area contributed by atoms with Crippen LogP contribution in [0.25, 0.3) is 5.76 Å². The molecule has 7 nitrogen and oxygen atoms in total. The number of amides is 1. The van der Waals surface area contributed by atoms with Crippen molar-refractivity contribution in [1.82, 2.24) is 0 Å². The van der Waals surface area contributed by atoms with Crippen molar-refractivity contribution >= 4 is 34.5 Å². The fourth-order valence-corrected chi connectivity index (χ4v) is 4.87. The van der Waals surface area contributed by atoms with Crippen molar-refractivity contribution in [2.75, 3.05) is 24.7 Å². The fraction of sp³-hybridized carbons (Fsp3) is 0.200. The molecule has 33 heavy (non-hydrogen) atoms. The van der Waals surface area contributed by atoms with E-state index in [1.807, 2.05) is 24.4 Å². The van der Waals surface area contributed by atoms with E-state index in [1.54, 1.807) is 42.5 Å². The van der Waals surface area contributed by atoms with Gasteiger partial charge in [0.25, 0.3) is 11.7 Å². The second-order valence-corrected chi connectivity index (χ2v) is 8.45. The molecule has 0 saturated carbocycles. The van der Waals surface area contributed by atoms with Gasteiger partial charge in [-0.2, -0.15) is 0 Å². The van der Waals surface area contributed by atoms with Crippen molar-refractivity contribution in [3.05, 3.63) is 76.0 Å². The number of hydrogen-bond donors (Lipinski definition) is 1. The average molecular weight is 464 g/mol. The Bertz CT molecular complexity index is 1250. The van der Waals surface area contributed by atoms with Crippen molar-refractivity contribution in [2.45, 2.75) is 13.0 Å². The summed E-state index contributed by atoms with van der Waals surface area (Å²) in [6.45, 7) is 3.19. The van der Waals surface area contributed by atoms with Gasteiger partial charge in [-0.05, 0) is 48.7 Å². The highest BCUT2D eigenvalue weighted by Crippen LogP contribution is 2.44. The number of ether oxygens (including phenoxy) is 3. The number of aliphatic hydroxyl groups is 1. The molecular formula is C25H21NO6S. The molecule has 1 saturated heterocycles. The summed E-state index contributed by atoms with van der Waals surface area (Å²) >= 11 is 1.41. The number of hydrogen-bond acceptors (Lipinski definition) is 7. The molecule has 2 aromatic carbocycles. The molecule has 5 rings (SSSR count). The van der Waals surface area contributed by atoms with E-state index < -0.39 is 17.7 Å². The van der Waals surface area contributed by atoms with Crippen LogP contribution in [-0.2, 0) is 9.59 Å². The van der Waals surface area contributed by atoms with Crippen LogP contribution in [0.4, 0.5) is 5.69 Å². The molecule has 1 unspecified atom stereocenters. The molecule has 1 aromatic heterocycles. The van der Waals surface area contributed by atoms with Gasteiger partial charge in [0.05, 0.1) is 12.2 Å². The lowest BCUT2D eigenvalue weighted by Crippen LogP contribution is -2.29. The van der Waals surface area contributed by atoms with Crippen LogP contribution < -0.4 is 19.1 Å². The number of carbonyl (C=O) groups excluding carboxylic acids is 2. The van der Waals surface area contributed by atoms with Crippen LogP contribution in [0.5, 0.6) is 17.2 Å². The van der Waals surface area contributed by atoms with Crippen LogP contribution in [0, 0.1) is 0 Å². The second kappa shape index (κ2) is 8.63. The van der Waals surface area contributed by atoms with Crippen LogP contribution in [-0.4, -0.2) is 36.6 Å². The number of thiophene rings is 1. The van der Waals surface area contributed by atoms with Crippen LogP contribution in [0.2, 0.25) is 0 Å². The first-order valence-corrected chi connectivity index (χ1v) is 11.4. The zero-order valence-electron chi connectivity index (χ0n) is 17.8. The quantitative estimate of drug-likeness (QED) is 0.340. The standard InChI is InChI=1S/C25H21NO6S/c1-2-30-17-6-3-5-16(14-17)26-22(20-7-4-12-33-20)21(24(28)25(26)29)23(27)15-8-9-18-19(13-15)32-11-10-31-18/h3-9,12-14,22,27H,2,10-11H2,1H3/b23-21-. The molecule has 8 heteroatoms. The summed E-state index contributed by atoms with van der Waals surface area (Å²) in [6.07, 6.45) is 0. The largest absolute Gasteiger partial charge is 0.507 e. The zero-order valence-corrected chi connectivity index (χ0v) is 18.6. The van der Waals surface area contributed by atoms with E-state index >= 15 is 0 Å². The monoisotopic (exact) mass is 463 g/mol. The maximum atomic E-state index is 13.2. The van der Waals surface area contributed by atoms with Crippen molar-refractivity contribution < 1.29 is 28.9 Å². The number of carbonyl (C=O) groups is 2. The fourth-order valence-electron chi connectivity index (χ4n) is 4.05. The maximum absolute atomic E-state index is 13.2. The van der Waals surface area contributed by atoms with E-state index in [2.05, 4.69) is 0 Å². The molecule has 1 fully saturated rings. The summed E-state index contributed by atoms with van der Waals surface area (Å²) in [5.74, 6) is -0.0676. The Hall–Kier alpha value is -3.78. The lowest BCUT2D eigenvalue weighted by molar-refractivity contribution is -0.132. The lowest BCUT2D eigenvalue weighted by Gasteiger charge is -2.24. The van der Waals surface area contributed by atoms with Crippen LogP contribution in [0.3, 0.4) is 0 Å². The lowest BCUT2D eigenvalue weighted by atomic mass is 9.99. The Balaban J connectivity index is 1.65. The van der Waals surface area contributed by atoms with Crippen molar-refractivity contribution in [3.63, 3.8) is 0 Å². The molecule has 1 atom stereocenters. The molecule has 1 amide bonds. The Morgan fingerprint density at radius 1 is 1.09 bits per heavy atom. The van der Waals surface area contributed by atoms with E-state index in [4.69, 9.17) is 14.2 Å². The highest BCUT2D eigenvalue weighted by atomic mass is 32.1. The van der Waals surface area contributed by atoms with Gasteiger partial charge in [0.1, 0.15) is 30.8 Å². The first kappa shape index (κ1) is 21.1. The van der Waals surface area contributed by atoms with Gasteiger partial charge in [0.2, 0.25) is 0 Å². The first-order valence-electron chi connectivity index (χ1n) is 10.6. The Labute approximate surface area is 194 Å². The molecule has 1 N–H and O–H groups in total. The number of rotatable bonds is 5. The minimum absolute atomic E-state index is 0.0286. The Morgan fingerprint density at radius 3 is 2.67 bits per heavy atom. The number of anilines is 1. The molecule has 2 aliphatic heterocycles. The van der Waals surface area contributed by atoms with Crippen LogP contribution in [0.1, 0.15) is 23.4 Å². The topological polar surface area (TPSA) is 85.3 Å². The molecular weight excluding hydrogens is 442 g/mol. The average Bonchev–Trinajstić information content (AvgIpc) is 3.46. The first-order chi connectivity index (χ1) is 16.1. The van der Waals surface area contributed by atoms with E-state index in [-0.39, 0.29) is 11.3 Å². The third-order valence-electron chi connectivity index (χ3n) is 5.48. The number of nitrogens with zero attached hydrogens (tertiary/aromatic N) is 1. The highest BCUT2D eigenvalue weighted by molar-refractivity contribution is 7.10. The normalized spacial score (nSPS) is 19.1. The Kier molecular flexibility index (Phi) is 5.51. The highest BCUT2D eigenvalue weighted by Gasteiger charge is 2.47. The number of benzene rings is 2. The number of ketones is 1. The SMILES string of the molecule is CCOc1cccc(N2C(=O)C(=O)/C(=C(\O)c3ccc4c(c3)OCCO4)C2c2cccs2)c1. The smallest absolute Gasteiger partial charge is 0.300 e. The minimum Gasteiger partial charge on any atom is -0.507 e. The van der Waals surface area contributed by atoms with Gasteiger partial charge in [0.15, 0.2) is 11.5 Å². The maximum Gasteiger partial charge on any atom is 0.300 e. The molecule has 168 valence electrons. The molecule has 0 aliphatic carbocycles. The van der Waals surface area contributed by atoms with Gasteiger partial charge in [0, 0.05) is 22.2 Å². The summed E-state index contributed by atoms with van der Waals surface area (Å²) in [7, 11) is 0. The number of Topliss-reactive ketones (excluding diaryl/α,β-unsaturated/α-hetero) is 1. The van der Waals surface area contributed by atoms with Crippen molar-refractivity contribution in [2.24, 2.45) is 0 Å². The molecule has 0 bridgehead atoms. The summed E-state index contributed by atoms with van der Waals surface area (Å²) in [4.78, 5) is 28.6. The molecule has 3 heterocycles. The third-order valence-corrected chi connectivity index (χ3v) is 6.40. The van der Waals surface area contributed by atoms with Crippen molar-refractivity contribution in [3.8, 4) is 17.2 Å².